The Morgan fingerprint density at radius 2 is 2.00 bits per heavy atom. The summed E-state index contributed by atoms with van der Waals surface area (Å²) in [5.74, 6) is 0. The van der Waals surface area contributed by atoms with Gasteiger partial charge in [0.2, 0.25) is 0 Å². The van der Waals surface area contributed by atoms with E-state index in [0.29, 0.717) is 11.5 Å². The zero-order valence-corrected chi connectivity index (χ0v) is 9.10. The van der Waals surface area contributed by atoms with Gasteiger partial charge >= 0.3 is 0 Å². The van der Waals surface area contributed by atoms with Crippen LogP contribution in [0.4, 0.5) is 0 Å². The van der Waals surface area contributed by atoms with Gasteiger partial charge in [-0.15, -0.1) is 0 Å². The Bertz CT molecular complexity index is 399. The largest absolute Gasteiger partial charge is 0.398 e. The van der Waals surface area contributed by atoms with Crippen molar-refractivity contribution in [2.45, 2.75) is 51.0 Å². The Hall–Kier alpha value is -0.920. The third-order valence-electron chi connectivity index (χ3n) is 4.95. The highest BCUT2D eigenvalue weighted by molar-refractivity contribution is 5.48. The lowest BCUT2D eigenvalue weighted by Crippen LogP contribution is -2.38. The van der Waals surface area contributed by atoms with Crippen LogP contribution in [0.2, 0.25) is 0 Å². The average Bonchev–Trinajstić information content (AvgIpc) is 2.72. The van der Waals surface area contributed by atoms with E-state index in [1.807, 2.05) is 0 Å². The van der Waals surface area contributed by atoms with Gasteiger partial charge in [-0.3, -0.25) is 0 Å². The predicted octanol–water partition coefficient (Wildman–Crippen LogP) is 2.18. The number of rotatable bonds is 0. The molecule has 0 saturated heterocycles. The lowest BCUT2D eigenvalue weighted by atomic mass is 9.92. The summed E-state index contributed by atoms with van der Waals surface area (Å²) in [7, 11) is 0. The molecule has 3 N–H and O–H groups in total. The van der Waals surface area contributed by atoms with Gasteiger partial charge in [0.05, 0.1) is 6.04 Å². The molecule has 2 saturated carbocycles. The summed E-state index contributed by atoms with van der Waals surface area (Å²) in [5.41, 5.74) is 12.6. The minimum absolute atomic E-state index is 0.620. The van der Waals surface area contributed by atoms with Crippen LogP contribution >= 0.6 is 0 Å². The van der Waals surface area contributed by atoms with Crippen LogP contribution in [0.15, 0.2) is 22.5 Å². The lowest BCUT2D eigenvalue weighted by Gasteiger charge is -2.30. The highest BCUT2D eigenvalue weighted by atomic mass is 15.0. The number of hydrogen-bond donors (Lipinski definition) is 2. The number of nitrogens with two attached hydrogens (primary N) is 1. The van der Waals surface area contributed by atoms with Crippen LogP contribution in [0, 0.1) is 5.41 Å². The van der Waals surface area contributed by atoms with E-state index in [9.17, 15) is 0 Å². The SMILES string of the molecule is NC1=C2CCC3(CC3)C2NC2=C1CCC2. The van der Waals surface area contributed by atoms with E-state index in [2.05, 4.69) is 5.32 Å². The normalized spacial score (nSPS) is 35.6. The van der Waals surface area contributed by atoms with E-state index in [-0.39, 0.29) is 0 Å². The van der Waals surface area contributed by atoms with E-state index >= 15 is 0 Å². The number of dihydropyridines is 1. The first kappa shape index (κ1) is 8.26. The molecule has 15 heavy (non-hydrogen) atoms. The molecule has 2 fully saturated rings. The molecule has 1 heterocycles. The second-order valence-electron chi connectivity index (χ2n) is 5.69. The number of hydrogen-bond acceptors (Lipinski definition) is 2. The van der Waals surface area contributed by atoms with Crippen LogP contribution in [-0.2, 0) is 0 Å². The molecular formula is C13H18N2. The topological polar surface area (TPSA) is 38.0 Å². The van der Waals surface area contributed by atoms with Crippen LogP contribution in [0.1, 0.15) is 44.9 Å². The van der Waals surface area contributed by atoms with Crippen molar-refractivity contribution in [3.8, 4) is 0 Å². The van der Waals surface area contributed by atoms with Gasteiger partial charge in [-0.05, 0) is 61.5 Å². The summed E-state index contributed by atoms with van der Waals surface area (Å²) in [6, 6.07) is 0.620. The van der Waals surface area contributed by atoms with Crippen molar-refractivity contribution < 1.29 is 0 Å². The minimum atomic E-state index is 0.620. The molecule has 4 aliphatic rings. The van der Waals surface area contributed by atoms with Crippen molar-refractivity contribution in [2.24, 2.45) is 11.1 Å². The van der Waals surface area contributed by atoms with Crippen molar-refractivity contribution in [3.63, 3.8) is 0 Å². The fourth-order valence-electron chi connectivity index (χ4n) is 3.84. The smallest absolute Gasteiger partial charge is 0.0550 e. The van der Waals surface area contributed by atoms with Gasteiger partial charge in [-0.25, -0.2) is 0 Å². The maximum atomic E-state index is 6.34. The highest BCUT2D eigenvalue weighted by Crippen LogP contribution is 2.61. The molecule has 3 aliphatic carbocycles. The molecule has 1 unspecified atom stereocenters. The Morgan fingerprint density at radius 3 is 2.80 bits per heavy atom. The van der Waals surface area contributed by atoms with Gasteiger partial charge in [-0.2, -0.15) is 0 Å². The molecule has 0 aromatic rings. The molecule has 0 bridgehead atoms. The van der Waals surface area contributed by atoms with Crippen molar-refractivity contribution in [3.05, 3.63) is 22.5 Å². The average molecular weight is 202 g/mol. The first-order valence-corrected chi connectivity index (χ1v) is 6.28. The summed E-state index contributed by atoms with van der Waals surface area (Å²) in [4.78, 5) is 0. The second-order valence-corrected chi connectivity index (χ2v) is 5.69. The zero-order valence-electron chi connectivity index (χ0n) is 9.10. The molecule has 0 radical (unpaired) electrons. The quantitative estimate of drug-likeness (QED) is 0.632. The Balaban J connectivity index is 1.81. The number of nitrogens with one attached hydrogen (secondary N) is 1. The number of fused-ring (bicyclic) bond motifs is 2. The van der Waals surface area contributed by atoms with Crippen molar-refractivity contribution in [2.75, 3.05) is 0 Å². The van der Waals surface area contributed by atoms with Crippen LogP contribution in [0.25, 0.3) is 0 Å². The molecule has 2 nitrogen and oxygen atoms in total. The molecule has 0 amide bonds. The zero-order chi connectivity index (χ0) is 10.0. The minimum Gasteiger partial charge on any atom is -0.398 e. The van der Waals surface area contributed by atoms with Crippen LogP contribution in [0.5, 0.6) is 0 Å². The molecule has 1 atom stereocenters. The van der Waals surface area contributed by atoms with Crippen LogP contribution < -0.4 is 11.1 Å². The van der Waals surface area contributed by atoms with Gasteiger partial charge in [0.15, 0.2) is 0 Å². The van der Waals surface area contributed by atoms with E-state index < -0.39 is 0 Å². The van der Waals surface area contributed by atoms with Crippen molar-refractivity contribution in [1.82, 2.24) is 5.32 Å². The Morgan fingerprint density at radius 1 is 1.13 bits per heavy atom. The Kier molecular flexibility index (Phi) is 1.33. The molecule has 0 aromatic carbocycles. The van der Waals surface area contributed by atoms with E-state index in [1.54, 1.807) is 5.57 Å². The second kappa shape index (κ2) is 2.42. The maximum absolute atomic E-state index is 6.34. The summed E-state index contributed by atoms with van der Waals surface area (Å²) in [6.07, 6.45) is 9.20. The molecule has 4 rings (SSSR count). The summed E-state index contributed by atoms with van der Waals surface area (Å²) < 4.78 is 0. The summed E-state index contributed by atoms with van der Waals surface area (Å²) in [6.45, 7) is 0. The van der Waals surface area contributed by atoms with E-state index in [4.69, 9.17) is 5.73 Å². The van der Waals surface area contributed by atoms with E-state index in [0.717, 1.165) is 0 Å². The molecular weight excluding hydrogens is 184 g/mol. The fourth-order valence-corrected chi connectivity index (χ4v) is 3.84. The maximum Gasteiger partial charge on any atom is 0.0550 e. The Labute approximate surface area is 90.6 Å². The molecule has 0 aromatic heterocycles. The van der Waals surface area contributed by atoms with Gasteiger partial charge in [0.1, 0.15) is 0 Å². The van der Waals surface area contributed by atoms with Gasteiger partial charge in [-0.1, -0.05) is 0 Å². The monoisotopic (exact) mass is 202 g/mol. The van der Waals surface area contributed by atoms with Crippen LogP contribution in [0.3, 0.4) is 0 Å². The van der Waals surface area contributed by atoms with Gasteiger partial charge < -0.3 is 11.1 Å². The predicted molar refractivity (Wildman–Crippen MR) is 59.9 cm³/mol. The fraction of sp³-hybridized carbons (Fsp3) is 0.692. The third-order valence-corrected chi connectivity index (χ3v) is 4.95. The molecule has 80 valence electrons. The first-order valence-electron chi connectivity index (χ1n) is 6.28. The highest BCUT2D eigenvalue weighted by Gasteiger charge is 2.56. The molecule has 1 aliphatic heterocycles. The molecule has 1 spiro atoms. The third kappa shape index (κ3) is 0.907. The standard InChI is InChI=1S/C13H18N2/c14-11-8-2-1-3-10(8)15-12-9(11)4-5-13(12)6-7-13/h12,15H,1-7,14H2. The first-order chi connectivity index (χ1) is 7.30. The van der Waals surface area contributed by atoms with Gasteiger partial charge in [0.25, 0.3) is 0 Å². The van der Waals surface area contributed by atoms with E-state index in [1.165, 1.54) is 61.9 Å². The summed E-state index contributed by atoms with van der Waals surface area (Å²) in [5, 5.41) is 3.80. The van der Waals surface area contributed by atoms with Crippen molar-refractivity contribution >= 4 is 0 Å². The summed E-state index contributed by atoms with van der Waals surface area (Å²) >= 11 is 0. The van der Waals surface area contributed by atoms with Gasteiger partial charge in [0, 0.05) is 11.4 Å². The lowest BCUT2D eigenvalue weighted by molar-refractivity contribution is 0.426. The molecule has 2 heteroatoms. The van der Waals surface area contributed by atoms with Crippen LogP contribution in [-0.4, -0.2) is 6.04 Å². The van der Waals surface area contributed by atoms with Crippen molar-refractivity contribution in [1.29, 1.82) is 0 Å². The number of allylic oxidation sites excluding steroid dienone is 2.